The molecule has 0 unspecified atom stereocenters. The van der Waals surface area contributed by atoms with E-state index in [9.17, 15) is 19.2 Å². The zero-order valence-corrected chi connectivity index (χ0v) is 35.2. The molecule has 4 aromatic rings. The van der Waals surface area contributed by atoms with Gasteiger partial charge in [-0.15, -0.1) is 0 Å². The van der Waals surface area contributed by atoms with Gasteiger partial charge in [0.25, 0.3) is 0 Å². The van der Waals surface area contributed by atoms with Crippen LogP contribution >= 0.6 is 0 Å². The summed E-state index contributed by atoms with van der Waals surface area (Å²) in [6, 6.07) is 28.2. The number of aromatic nitrogens is 1. The first-order chi connectivity index (χ1) is 26.8. The van der Waals surface area contributed by atoms with Gasteiger partial charge in [-0.2, -0.15) is 0 Å². The molecule has 6 rings (SSSR count). The van der Waals surface area contributed by atoms with E-state index in [4.69, 9.17) is 9.47 Å². The molecule has 9 heteroatoms. The lowest BCUT2D eigenvalue weighted by Crippen LogP contribution is -2.43. The Hall–Kier alpha value is -5.18. The Morgan fingerprint density at radius 3 is 1.28 bits per heavy atom. The summed E-state index contributed by atoms with van der Waals surface area (Å²) in [5, 5.41) is 0. The number of ether oxygens (including phenoxy) is 2. The zero-order valence-electron chi connectivity index (χ0n) is 35.2. The number of carbonyl (C=O) groups excluding carboxylic acids is 4. The summed E-state index contributed by atoms with van der Waals surface area (Å²) >= 11 is 0. The molecule has 2 aliphatic heterocycles. The van der Waals surface area contributed by atoms with Crippen molar-refractivity contribution in [3.05, 3.63) is 102 Å². The molecule has 0 N–H and O–H groups in total. The van der Waals surface area contributed by atoms with E-state index in [0.717, 1.165) is 52.2 Å². The SMILES string of the molecule is CC(C)(C)OC(=O)N1CCC[C@H]1C(=O)Cc1ccc(-c2ccc(-c3ccc(CC(=O)[C@@H]4CCCN4C(=O)OC(C)(C)C)cc3)n2-c2ccc(C(C)(C)C)cc2)cc1. The Morgan fingerprint density at radius 2 is 0.930 bits per heavy atom. The third kappa shape index (κ3) is 10.0. The van der Waals surface area contributed by atoms with Gasteiger partial charge in [0, 0.05) is 31.6 Å². The van der Waals surface area contributed by atoms with Gasteiger partial charge >= 0.3 is 12.2 Å². The van der Waals surface area contributed by atoms with Crippen molar-refractivity contribution < 1.29 is 28.7 Å². The van der Waals surface area contributed by atoms with Crippen LogP contribution in [0.1, 0.15) is 105 Å². The second-order valence-corrected chi connectivity index (χ2v) is 18.6. The van der Waals surface area contributed by atoms with Crippen LogP contribution < -0.4 is 0 Å². The number of amides is 2. The molecule has 2 atom stereocenters. The maximum Gasteiger partial charge on any atom is 0.410 e. The second-order valence-electron chi connectivity index (χ2n) is 18.6. The van der Waals surface area contributed by atoms with E-state index in [1.54, 1.807) is 9.80 Å². The van der Waals surface area contributed by atoms with E-state index in [-0.39, 0.29) is 29.8 Å². The molecule has 2 aliphatic rings. The van der Waals surface area contributed by atoms with Crippen LogP contribution in [-0.4, -0.2) is 74.5 Å². The van der Waals surface area contributed by atoms with Crippen molar-refractivity contribution in [3.63, 3.8) is 0 Å². The average molecular weight is 774 g/mol. The van der Waals surface area contributed by atoms with Crippen molar-refractivity contribution in [1.29, 1.82) is 0 Å². The molecule has 0 spiro atoms. The number of hydrogen-bond donors (Lipinski definition) is 0. The molecule has 9 nitrogen and oxygen atoms in total. The van der Waals surface area contributed by atoms with Crippen LogP contribution in [0, 0.1) is 0 Å². The second kappa shape index (κ2) is 16.4. The minimum atomic E-state index is -0.622. The summed E-state index contributed by atoms with van der Waals surface area (Å²) in [6.45, 7) is 18.7. The normalized spacial score (nSPS) is 17.5. The highest BCUT2D eigenvalue weighted by molar-refractivity contribution is 5.90. The number of carbonyl (C=O) groups is 4. The van der Waals surface area contributed by atoms with Gasteiger partial charge in [-0.25, -0.2) is 9.59 Å². The van der Waals surface area contributed by atoms with Gasteiger partial charge in [0.15, 0.2) is 11.6 Å². The summed E-state index contributed by atoms with van der Waals surface area (Å²) in [7, 11) is 0. The lowest BCUT2D eigenvalue weighted by Gasteiger charge is -2.28. The van der Waals surface area contributed by atoms with Crippen molar-refractivity contribution in [2.45, 2.75) is 130 Å². The average Bonchev–Trinajstić information content (AvgIpc) is 3.91. The highest BCUT2D eigenvalue weighted by Crippen LogP contribution is 2.35. The van der Waals surface area contributed by atoms with Gasteiger partial charge in [0.05, 0.1) is 23.5 Å². The van der Waals surface area contributed by atoms with Crippen LogP contribution in [0.2, 0.25) is 0 Å². The van der Waals surface area contributed by atoms with E-state index in [1.807, 2.05) is 65.8 Å². The quantitative estimate of drug-likeness (QED) is 0.168. The van der Waals surface area contributed by atoms with Crippen LogP contribution in [0.5, 0.6) is 0 Å². The van der Waals surface area contributed by atoms with Gasteiger partial charge in [0.2, 0.25) is 0 Å². The van der Waals surface area contributed by atoms with Crippen molar-refractivity contribution in [1.82, 2.24) is 14.4 Å². The maximum absolute atomic E-state index is 13.5. The predicted molar refractivity (Wildman–Crippen MR) is 225 cm³/mol. The Balaban J connectivity index is 1.23. The lowest BCUT2D eigenvalue weighted by atomic mass is 9.87. The summed E-state index contributed by atoms with van der Waals surface area (Å²) in [4.78, 5) is 55.8. The highest BCUT2D eigenvalue weighted by Gasteiger charge is 2.37. The van der Waals surface area contributed by atoms with E-state index >= 15 is 0 Å². The summed E-state index contributed by atoms with van der Waals surface area (Å²) in [5.41, 5.74) is 6.81. The fraction of sp³-hybridized carbons (Fsp3) is 0.458. The number of likely N-dealkylation sites (tertiary alicyclic amines) is 2. The number of ketones is 2. The topological polar surface area (TPSA) is 98.2 Å². The fourth-order valence-electron chi connectivity index (χ4n) is 7.78. The third-order valence-electron chi connectivity index (χ3n) is 10.6. The molecule has 302 valence electrons. The molecule has 1 aromatic heterocycles. The van der Waals surface area contributed by atoms with Crippen molar-refractivity contribution in [3.8, 4) is 28.2 Å². The first-order valence-corrected chi connectivity index (χ1v) is 20.3. The van der Waals surface area contributed by atoms with Crippen molar-refractivity contribution in [2.24, 2.45) is 0 Å². The largest absolute Gasteiger partial charge is 0.444 e. The monoisotopic (exact) mass is 773 g/mol. The molecular weight excluding hydrogens is 715 g/mol. The van der Waals surface area contributed by atoms with Crippen LogP contribution in [0.25, 0.3) is 28.2 Å². The summed E-state index contributed by atoms with van der Waals surface area (Å²) in [6.07, 6.45) is 2.45. The minimum Gasteiger partial charge on any atom is -0.444 e. The van der Waals surface area contributed by atoms with Crippen LogP contribution in [0.4, 0.5) is 9.59 Å². The zero-order chi connectivity index (χ0) is 41.3. The summed E-state index contributed by atoms with van der Waals surface area (Å²) in [5.74, 6) is 0.0360. The number of nitrogens with zero attached hydrogens (tertiary/aromatic N) is 3. The molecule has 0 aliphatic carbocycles. The Morgan fingerprint density at radius 1 is 0.544 bits per heavy atom. The molecule has 0 saturated carbocycles. The summed E-state index contributed by atoms with van der Waals surface area (Å²) < 4.78 is 13.4. The Bertz CT molecular complexity index is 1960. The predicted octanol–water partition coefficient (Wildman–Crippen LogP) is 10.1. The molecule has 0 bridgehead atoms. The Labute approximate surface area is 338 Å². The number of hydrogen-bond acceptors (Lipinski definition) is 6. The van der Waals surface area contributed by atoms with Gasteiger partial charge in [-0.3, -0.25) is 19.4 Å². The molecule has 3 heterocycles. The van der Waals surface area contributed by atoms with Gasteiger partial charge < -0.3 is 14.0 Å². The standard InChI is InChI=1S/C48H59N3O6/c1-46(2,3)36-22-24-37(25-23-36)51-38(34-18-14-32(15-19-34)30-42(52)40-12-10-28-49(40)44(54)56-47(4,5)6)26-27-39(51)35-20-16-33(17-21-35)31-43(53)41-13-11-29-50(41)45(55)57-48(7,8)9/h14-27,40-41H,10-13,28-31H2,1-9H3/t40-,41-/m0/s1. The lowest BCUT2D eigenvalue weighted by molar-refractivity contribution is -0.123. The van der Waals surface area contributed by atoms with Crippen molar-refractivity contribution >= 4 is 23.8 Å². The van der Waals surface area contributed by atoms with Gasteiger partial charge in [0.1, 0.15) is 11.2 Å². The molecule has 0 radical (unpaired) electrons. The van der Waals surface area contributed by atoms with Crippen molar-refractivity contribution in [2.75, 3.05) is 13.1 Å². The smallest absolute Gasteiger partial charge is 0.410 e. The number of Topliss-reactive ketones (excluding diaryl/α,β-unsaturated/α-hetero) is 2. The first-order valence-electron chi connectivity index (χ1n) is 20.3. The molecule has 2 fully saturated rings. The number of rotatable bonds is 9. The first kappa shape index (κ1) is 41.5. The van der Waals surface area contributed by atoms with Crippen LogP contribution in [-0.2, 0) is 37.3 Å². The molecule has 2 amide bonds. The van der Waals surface area contributed by atoms with Gasteiger partial charge in [-0.1, -0.05) is 81.4 Å². The highest BCUT2D eigenvalue weighted by atomic mass is 16.6. The molecule has 57 heavy (non-hydrogen) atoms. The van der Waals surface area contributed by atoms with Crippen LogP contribution in [0.3, 0.4) is 0 Å². The maximum atomic E-state index is 13.5. The van der Waals surface area contributed by atoms with E-state index in [1.165, 1.54) is 5.56 Å². The Kier molecular flexibility index (Phi) is 11.9. The molecule has 2 saturated heterocycles. The van der Waals surface area contributed by atoms with E-state index < -0.39 is 35.5 Å². The number of benzene rings is 3. The molecular formula is C48H59N3O6. The van der Waals surface area contributed by atoms with Gasteiger partial charge in [-0.05, 0) is 125 Å². The molecule has 3 aromatic carbocycles. The fourth-order valence-corrected chi connectivity index (χ4v) is 7.78. The van der Waals surface area contributed by atoms with E-state index in [0.29, 0.717) is 25.9 Å². The van der Waals surface area contributed by atoms with E-state index in [2.05, 4.69) is 86.0 Å². The third-order valence-corrected chi connectivity index (χ3v) is 10.6. The minimum absolute atomic E-state index is 0.00622. The van der Waals surface area contributed by atoms with Crippen LogP contribution in [0.15, 0.2) is 84.9 Å².